The highest BCUT2D eigenvalue weighted by molar-refractivity contribution is 5.76. The van der Waals surface area contributed by atoms with Crippen molar-refractivity contribution in [3.63, 3.8) is 0 Å². The SMILES string of the molecule is Cc1cccc(OCCCC(=O)N2CCCC(c3ccn[nH]3)C2)c1. The fraction of sp³-hybridized carbons (Fsp3) is 0.474. The Morgan fingerprint density at radius 1 is 1.42 bits per heavy atom. The molecule has 1 saturated heterocycles. The lowest BCUT2D eigenvalue weighted by atomic mass is 9.94. The summed E-state index contributed by atoms with van der Waals surface area (Å²) in [6, 6.07) is 10.0. The van der Waals surface area contributed by atoms with Crippen LogP contribution >= 0.6 is 0 Å². The van der Waals surface area contributed by atoms with Crippen LogP contribution in [0.2, 0.25) is 0 Å². The van der Waals surface area contributed by atoms with E-state index >= 15 is 0 Å². The van der Waals surface area contributed by atoms with Crippen molar-refractivity contribution in [3.05, 3.63) is 47.8 Å². The topological polar surface area (TPSA) is 58.2 Å². The number of carbonyl (C=O) groups excluding carboxylic acids is 1. The number of aromatic nitrogens is 2. The van der Waals surface area contributed by atoms with Gasteiger partial charge in [0.05, 0.1) is 6.61 Å². The first kappa shape index (κ1) is 16.6. The minimum absolute atomic E-state index is 0.229. The fourth-order valence-electron chi connectivity index (χ4n) is 3.23. The second kappa shape index (κ2) is 7.99. The highest BCUT2D eigenvalue weighted by Gasteiger charge is 2.25. The van der Waals surface area contributed by atoms with Crippen LogP contribution in [0.3, 0.4) is 0 Å². The molecule has 0 aliphatic carbocycles. The van der Waals surface area contributed by atoms with Gasteiger partial charge in [0.1, 0.15) is 5.75 Å². The van der Waals surface area contributed by atoms with E-state index in [9.17, 15) is 4.79 Å². The van der Waals surface area contributed by atoms with E-state index in [1.54, 1.807) is 6.20 Å². The number of ether oxygens (including phenoxy) is 1. The quantitative estimate of drug-likeness (QED) is 0.828. The van der Waals surface area contributed by atoms with Gasteiger partial charge in [-0.1, -0.05) is 12.1 Å². The molecule has 1 aromatic carbocycles. The van der Waals surface area contributed by atoms with Crippen molar-refractivity contribution in [2.24, 2.45) is 0 Å². The molecule has 1 unspecified atom stereocenters. The van der Waals surface area contributed by atoms with E-state index in [0.717, 1.165) is 43.8 Å². The minimum atomic E-state index is 0.229. The van der Waals surface area contributed by atoms with E-state index in [1.165, 1.54) is 5.56 Å². The van der Waals surface area contributed by atoms with E-state index in [2.05, 4.69) is 10.2 Å². The summed E-state index contributed by atoms with van der Waals surface area (Å²) in [5.74, 6) is 1.49. The molecule has 0 spiro atoms. The summed E-state index contributed by atoms with van der Waals surface area (Å²) >= 11 is 0. The van der Waals surface area contributed by atoms with Crippen molar-refractivity contribution in [1.82, 2.24) is 15.1 Å². The third-order valence-corrected chi connectivity index (χ3v) is 4.53. The molecule has 0 saturated carbocycles. The van der Waals surface area contributed by atoms with Crippen molar-refractivity contribution in [2.75, 3.05) is 19.7 Å². The van der Waals surface area contributed by atoms with Crippen LogP contribution in [0.1, 0.15) is 42.9 Å². The van der Waals surface area contributed by atoms with E-state index in [4.69, 9.17) is 4.74 Å². The molecule has 0 bridgehead atoms. The Morgan fingerprint density at radius 3 is 3.12 bits per heavy atom. The average molecular weight is 327 g/mol. The number of nitrogens with one attached hydrogen (secondary N) is 1. The summed E-state index contributed by atoms with van der Waals surface area (Å²) in [5.41, 5.74) is 2.32. The maximum atomic E-state index is 12.4. The molecule has 1 aromatic heterocycles. The lowest BCUT2D eigenvalue weighted by Gasteiger charge is -2.32. The predicted molar refractivity (Wildman–Crippen MR) is 93.1 cm³/mol. The molecule has 1 fully saturated rings. The van der Waals surface area contributed by atoms with Gasteiger partial charge in [0, 0.05) is 37.3 Å². The summed E-state index contributed by atoms with van der Waals surface area (Å²) in [6.07, 6.45) is 5.23. The monoisotopic (exact) mass is 327 g/mol. The van der Waals surface area contributed by atoms with Crippen LogP contribution in [-0.4, -0.2) is 40.7 Å². The number of nitrogens with zero attached hydrogens (tertiary/aromatic N) is 2. The normalized spacial score (nSPS) is 17.7. The largest absolute Gasteiger partial charge is 0.494 e. The summed E-state index contributed by atoms with van der Waals surface area (Å²) in [5, 5.41) is 7.05. The molecule has 128 valence electrons. The van der Waals surface area contributed by atoms with Gasteiger partial charge in [0.15, 0.2) is 0 Å². The Morgan fingerprint density at radius 2 is 2.33 bits per heavy atom. The molecule has 3 rings (SSSR count). The van der Waals surface area contributed by atoms with Crippen molar-refractivity contribution in [1.29, 1.82) is 0 Å². The maximum Gasteiger partial charge on any atom is 0.222 e. The number of piperidine rings is 1. The molecule has 5 heteroatoms. The van der Waals surface area contributed by atoms with Gasteiger partial charge in [-0.2, -0.15) is 5.10 Å². The average Bonchev–Trinajstić information content (AvgIpc) is 3.13. The van der Waals surface area contributed by atoms with Crippen LogP contribution in [0.5, 0.6) is 5.75 Å². The van der Waals surface area contributed by atoms with Crippen LogP contribution in [0.4, 0.5) is 0 Å². The first-order valence-electron chi connectivity index (χ1n) is 8.69. The van der Waals surface area contributed by atoms with E-state index in [1.807, 2.05) is 42.2 Å². The maximum absolute atomic E-state index is 12.4. The van der Waals surface area contributed by atoms with Crippen molar-refractivity contribution < 1.29 is 9.53 Å². The Labute approximate surface area is 143 Å². The number of rotatable bonds is 6. The van der Waals surface area contributed by atoms with Crippen LogP contribution in [0, 0.1) is 6.92 Å². The zero-order chi connectivity index (χ0) is 16.8. The van der Waals surface area contributed by atoms with Crippen LogP contribution < -0.4 is 4.74 Å². The minimum Gasteiger partial charge on any atom is -0.494 e. The zero-order valence-corrected chi connectivity index (χ0v) is 14.2. The van der Waals surface area contributed by atoms with Gasteiger partial charge >= 0.3 is 0 Å². The number of aryl methyl sites for hydroxylation is 1. The standard InChI is InChI=1S/C19H25N3O2/c1-15-5-2-7-17(13-15)24-12-4-8-19(23)22-11-3-6-16(14-22)18-9-10-20-21-18/h2,5,7,9-10,13,16H,3-4,6,8,11-12,14H2,1H3,(H,20,21). The van der Waals surface area contributed by atoms with Gasteiger partial charge < -0.3 is 9.64 Å². The molecule has 5 nitrogen and oxygen atoms in total. The van der Waals surface area contributed by atoms with E-state index in [-0.39, 0.29) is 5.91 Å². The molecule has 2 aromatic rings. The highest BCUT2D eigenvalue weighted by Crippen LogP contribution is 2.25. The van der Waals surface area contributed by atoms with Crippen LogP contribution in [0.25, 0.3) is 0 Å². The van der Waals surface area contributed by atoms with E-state index < -0.39 is 0 Å². The number of carbonyl (C=O) groups is 1. The molecule has 0 radical (unpaired) electrons. The Hall–Kier alpha value is -2.30. The van der Waals surface area contributed by atoms with Crippen LogP contribution in [-0.2, 0) is 4.79 Å². The Kier molecular flexibility index (Phi) is 5.51. The van der Waals surface area contributed by atoms with Crippen molar-refractivity contribution >= 4 is 5.91 Å². The third kappa shape index (κ3) is 4.37. The number of H-pyrrole nitrogens is 1. The molecule has 1 N–H and O–H groups in total. The van der Waals surface area contributed by atoms with Crippen molar-refractivity contribution in [3.8, 4) is 5.75 Å². The first-order chi connectivity index (χ1) is 11.7. The molecular formula is C19H25N3O2. The van der Waals surface area contributed by atoms with Gasteiger partial charge in [0.2, 0.25) is 5.91 Å². The smallest absolute Gasteiger partial charge is 0.222 e. The molecule has 1 amide bonds. The fourth-order valence-corrected chi connectivity index (χ4v) is 3.23. The molecule has 1 aliphatic rings. The second-order valence-corrected chi connectivity index (χ2v) is 6.46. The number of benzene rings is 1. The lowest BCUT2D eigenvalue weighted by molar-refractivity contribution is -0.132. The molecule has 24 heavy (non-hydrogen) atoms. The number of likely N-dealkylation sites (tertiary alicyclic amines) is 1. The third-order valence-electron chi connectivity index (χ3n) is 4.53. The van der Waals surface area contributed by atoms with E-state index in [0.29, 0.717) is 18.9 Å². The summed E-state index contributed by atoms with van der Waals surface area (Å²) in [7, 11) is 0. The first-order valence-corrected chi connectivity index (χ1v) is 8.69. The Bertz CT molecular complexity index is 654. The number of aromatic amines is 1. The number of hydrogen-bond acceptors (Lipinski definition) is 3. The summed E-state index contributed by atoms with van der Waals surface area (Å²) in [4.78, 5) is 14.4. The van der Waals surface area contributed by atoms with Gasteiger partial charge in [-0.05, 0) is 49.9 Å². The van der Waals surface area contributed by atoms with Crippen LogP contribution in [0.15, 0.2) is 36.5 Å². The highest BCUT2D eigenvalue weighted by atomic mass is 16.5. The molecule has 2 heterocycles. The molecule has 1 atom stereocenters. The number of amides is 1. The second-order valence-electron chi connectivity index (χ2n) is 6.46. The van der Waals surface area contributed by atoms with Gasteiger partial charge in [-0.25, -0.2) is 0 Å². The molecule has 1 aliphatic heterocycles. The van der Waals surface area contributed by atoms with Crippen molar-refractivity contribution in [2.45, 2.75) is 38.5 Å². The zero-order valence-electron chi connectivity index (χ0n) is 14.2. The summed E-state index contributed by atoms with van der Waals surface area (Å²) in [6.45, 7) is 4.28. The predicted octanol–water partition coefficient (Wildman–Crippen LogP) is 3.28. The van der Waals surface area contributed by atoms with Gasteiger partial charge in [-0.15, -0.1) is 0 Å². The summed E-state index contributed by atoms with van der Waals surface area (Å²) < 4.78 is 5.72. The number of hydrogen-bond donors (Lipinski definition) is 1. The molecular weight excluding hydrogens is 302 g/mol. The van der Waals surface area contributed by atoms with Gasteiger partial charge in [0.25, 0.3) is 0 Å². The lowest BCUT2D eigenvalue weighted by Crippen LogP contribution is -2.39. The van der Waals surface area contributed by atoms with Gasteiger partial charge in [-0.3, -0.25) is 9.89 Å². The Balaban J connectivity index is 1.41.